The smallest absolute Gasteiger partial charge is 0.289 e. The van der Waals surface area contributed by atoms with Crippen molar-refractivity contribution in [1.82, 2.24) is 34.5 Å². The lowest BCUT2D eigenvalue weighted by atomic mass is 10.1. The van der Waals surface area contributed by atoms with Crippen LogP contribution in [0.2, 0.25) is 5.02 Å². The maximum absolute atomic E-state index is 14.2. The minimum Gasteiger partial charge on any atom is -0.383 e. The van der Waals surface area contributed by atoms with Gasteiger partial charge in [0, 0.05) is 17.4 Å². The number of nitrogens with zero attached hydrogens (tertiary/aromatic N) is 7. The lowest BCUT2D eigenvalue weighted by Gasteiger charge is -2.12. The van der Waals surface area contributed by atoms with Crippen molar-refractivity contribution in [3.63, 3.8) is 0 Å². The van der Waals surface area contributed by atoms with Crippen molar-refractivity contribution in [1.29, 1.82) is 0 Å². The lowest BCUT2D eigenvalue weighted by molar-refractivity contribution is 0.00323. The third kappa shape index (κ3) is 5.33. The number of halogens is 4. The van der Waals surface area contributed by atoms with Crippen LogP contribution in [0, 0.1) is 0 Å². The molecule has 0 bridgehead atoms. The van der Waals surface area contributed by atoms with Crippen LogP contribution < -0.4 is 16.6 Å². The number of nitrogens with one attached hydrogen (secondary N) is 1. The average molecular weight is 584 g/mol. The van der Waals surface area contributed by atoms with E-state index < -0.39 is 24.2 Å². The molecule has 1 atom stereocenters. The summed E-state index contributed by atoms with van der Waals surface area (Å²) in [6, 6.07) is 10.5. The maximum atomic E-state index is 14.2. The highest BCUT2D eigenvalue weighted by Gasteiger charge is 2.28. The molecule has 0 radical (unpaired) electrons. The van der Waals surface area contributed by atoms with Gasteiger partial charge in [-0.05, 0) is 36.2 Å². The molecule has 11 nitrogen and oxygen atoms in total. The molecule has 0 aliphatic rings. The Morgan fingerprint density at radius 3 is 2.39 bits per heavy atom. The van der Waals surface area contributed by atoms with Crippen molar-refractivity contribution < 1.29 is 18.0 Å². The van der Waals surface area contributed by atoms with Gasteiger partial charge in [0.25, 0.3) is 24.2 Å². The number of hydrogen-bond acceptors (Lipinski definition) is 8. The van der Waals surface area contributed by atoms with Crippen LogP contribution in [0.5, 0.6) is 0 Å². The number of amides is 1. The van der Waals surface area contributed by atoms with Gasteiger partial charge in [0.2, 0.25) is 0 Å². The number of hydrogen-bond donors (Lipinski definition) is 2. The van der Waals surface area contributed by atoms with E-state index in [-0.39, 0.29) is 39.8 Å². The second kappa shape index (κ2) is 11.0. The number of pyridine rings is 1. The van der Waals surface area contributed by atoms with Gasteiger partial charge in [-0.1, -0.05) is 37.6 Å². The molecular formula is C26H21ClF3N9O2. The molecule has 0 aliphatic heterocycles. The Labute approximate surface area is 234 Å². The van der Waals surface area contributed by atoms with Crippen LogP contribution in [0.3, 0.4) is 0 Å². The highest BCUT2D eigenvalue weighted by atomic mass is 35.5. The lowest BCUT2D eigenvalue weighted by Crippen LogP contribution is -2.31. The van der Waals surface area contributed by atoms with E-state index in [0.29, 0.717) is 26.6 Å². The number of carbonyl (C=O) groups is 1. The van der Waals surface area contributed by atoms with Crippen LogP contribution in [-0.2, 0) is 0 Å². The minimum atomic E-state index is -3.34. The van der Waals surface area contributed by atoms with E-state index in [1.165, 1.54) is 42.6 Å². The maximum Gasteiger partial charge on any atom is 0.289 e. The SMILES string of the molecule is CC(C)c1cc(C(=O)Nc2ccc(-c3nn(C(F)C(F)F)c4ncnc(N)c34)cc2)c(=O)n(-c2ccc(Cl)cn2)n1. The van der Waals surface area contributed by atoms with E-state index in [1.807, 2.05) is 13.8 Å². The third-order valence-electron chi connectivity index (χ3n) is 6.07. The molecular weight excluding hydrogens is 563 g/mol. The molecule has 5 aromatic rings. The second-order valence-electron chi connectivity index (χ2n) is 9.18. The Bertz CT molecular complexity index is 1810. The van der Waals surface area contributed by atoms with Gasteiger partial charge in [0.05, 0.1) is 16.1 Å². The highest BCUT2D eigenvalue weighted by Crippen LogP contribution is 2.33. The first kappa shape index (κ1) is 27.7. The molecule has 15 heteroatoms. The molecule has 4 heterocycles. The largest absolute Gasteiger partial charge is 0.383 e. The molecule has 210 valence electrons. The van der Waals surface area contributed by atoms with Gasteiger partial charge in [-0.15, -0.1) is 0 Å². The first-order chi connectivity index (χ1) is 19.5. The van der Waals surface area contributed by atoms with Crippen molar-refractivity contribution >= 4 is 40.0 Å². The fourth-order valence-electron chi connectivity index (χ4n) is 3.99. The normalized spacial score (nSPS) is 12.3. The number of benzene rings is 1. The van der Waals surface area contributed by atoms with Crippen molar-refractivity contribution in [3.8, 4) is 17.1 Å². The van der Waals surface area contributed by atoms with Crippen LogP contribution in [0.1, 0.15) is 42.1 Å². The molecule has 0 spiro atoms. The number of nitrogens with two attached hydrogens (primary N) is 1. The van der Waals surface area contributed by atoms with Gasteiger partial charge >= 0.3 is 0 Å². The van der Waals surface area contributed by atoms with Crippen LogP contribution in [-0.4, -0.2) is 46.8 Å². The van der Waals surface area contributed by atoms with E-state index >= 15 is 0 Å². The number of rotatable bonds is 7. The molecule has 0 saturated heterocycles. The Morgan fingerprint density at radius 2 is 1.76 bits per heavy atom. The molecule has 4 aromatic heterocycles. The second-order valence-corrected chi connectivity index (χ2v) is 9.61. The Morgan fingerprint density at radius 1 is 1.02 bits per heavy atom. The number of fused-ring (bicyclic) bond motifs is 1. The summed E-state index contributed by atoms with van der Waals surface area (Å²) in [5.41, 5.74) is 6.13. The van der Waals surface area contributed by atoms with Gasteiger partial charge in [-0.25, -0.2) is 32.8 Å². The fourth-order valence-corrected chi connectivity index (χ4v) is 4.10. The van der Waals surface area contributed by atoms with Gasteiger partial charge in [-0.2, -0.15) is 14.9 Å². The van der Waals surface area contributed by atoms with Crippen molar-refractivity contribution in [2.24, 2.45) is 0 Å². The average Bonchev–Trinajstić information content (AvgIpc) is 3.34. The van der Waals surface area contributed by atoms with E-state index in [9.17, 15) is 22.8 Å². The highest BCUT2D eigenvalue weighted by molar-refractivity contribution is 6.30. The molecule has 3 N–H and O–H groups in total. The van der Waals surface area contributed by atoms with Crippen LogP contribution >= 0.6 is 11.6 Å². The van der Waals surface area contributed by atoms with Crippen molar-refractivity contribution in [2.45, 2.75) is 32.5 Å². The number of anilines is 2. The first-order valence-corrected chi connectivity index (χ1v) is 12.5. The predicted octanol–water partition coefficient (Wildman–Crippen LogP) is 4.78. The monoisotopic (exact) mass is 583 g/mol. The molecule has 0 aliphatic carbocycles. The Kier molecular flexibility index (Phi) is 7.41. The zero-order valence-electron chi connectivity index (χ0n) is 21.5. The molecule has 1 aromatic carbocycles. The zero-order chi connectivity index (χ0) is 29.4. The number of alkyl halides is 3. The first-order valence-electron chi connectivity index (χ1n) is 12.1. The molecule has 0 fully saturated rings. The summed E-state index contributed by atoms with van der Waals surface area (Å²) in [7, 11) is 0. The summed E-state index contributed by atoms with van der Waals surface area (Å²) in [5.74, 6) is -0.683. The van der Waals surface area contributed by atoms with Crippen LogP contribution in [0.15, 0.2) is 59.8 Å². The number of carbonyl (C=O) groups excluding carboxylic acids is 1. The summed E-state index contributed by atoms with van der Waals surface area (Å²) >= 11 is 5.91. The predicted molar refractivity (Wildman–Crippen MR) is 146 cm³/mol. The van der Waals surface area contributed by atoms with E-state index in [1.54, 1.807) is 6.07 Å². The molecule has 5 rings (SSSR count). The summed E-state index contributed by atoms with van der Waals surface area (Å²) in [5, 5.41) is 11.5. The standard InChI is InChI=1S/C26H21ClF3N9O2/c1-12(2)17-9-16(26(41)38(36-17)18-8-5-14(27)10-32-18)25(40)35-15-6-3-13(4-7-15)20-19-23(31)33-11-34-24(19)39(37-20)22(30)21(28)29/h3-12,21-22H,1-2H3,(H,35,40)(H2,31,33,34). The molecule has 1 amide bonds. The summed E-state index contributed by atoms with van der Waals surface area (Å²) in [4.78, 5) is 38.3. The Balaban J connectivity index is 1.48. The zero-order valence-corrected chi connectivity index (χ0v) is 22.2. The summed E-state index contributed by atoms with van der Waals surface area (Å²) in [6.07, 6.45) is -3.70. The number of aromatic nitrogens is 7. The quantitative estimate of drug-likeness (QED) is 0.278. The van der Waals surface area contributed by atoms with E-state index in [0.717, 1.165) is 11.0 Å². The van der Waals surface area contributed by atoms with Gasteiger partial charge in [0.1, 0.15) is 23.4 Å². The third-order valence-corrected chi connectivity index (χ3v) is 6.29. The number of nitrogen functional groups attached to an aromatic ring is 1. The summed E-state index contributed by atoms with van der Waals surface area (Å²) < 4.78 is 42.0. The van der Waals surface area contributed by atoms with Crippen LogP contribution in [0.4, 0.5) is 24.7 Å². The Hall–Kier alpha value is -4.85. The van der Waals surface area contributed by atoms with Gasteiger partial charge in [-0.3, -0.25) is 9.59 Å². The molecule has 0 saturated carbocycles. The summed E-state index contributed by atoms with van der Waals surface area (Å²) in [6.45, 7) is 3.73. The minimum absolute atomic E-state index is 0.0693. The van der Waals surface area contributed by atoms with Crippen LogP contribution in [0.25, 0.3) is 28.1 Å². The topological polar surface area (TPSA) is 146 Å². The fraction of sp³-hybridized carbons (Fsp3) is 0.192. The van der Waals surface area contributed by atoms with Gasteiger partial charge in [0.15, 0.2) is 11.5 Å². The van der Waals surface area contributed by atoms with Gasteiger partial charge < -0.3 is 11.1 Å². The van der Waals surface area contributed by atoms with Crippen molar-refractivity contribution in [2.75, 3.05) is 11.1 Å². The van der Waals surface area contributed by atoms with E-state index in [4.69, 9.17) is 17.3 Å². The molecule has 1 unspecified atom stereocenters. The van der Waals surface area contributed by atoms with Crippen molar-refractivity contribution in [3.05, 3.63) is 81.6 Å². The molecule has 41 heavy (non-hydrogen) atoms. The van der Waals surface area contributed by atoms with E-state index in [2.05, 4.69) is 30.5 Å².